The molecular weight excluding hydrogens is 577 g/mol. The van der Waals surface area contributed by atoms with Crippen molar-refractivity contribution in [2.45, 2.75) is 20.8 Å². The third-order valence-electron chi connectivity index (χ3n) is 7.17. The van der Waals surface area contributed by atoms with E-state index in [1.165, 1.54) is 0 Å². The minimum absolute atomic E-state index is 0. The van der Waals surface area contributed by atoms with Crippen LogP contribution in [0.3, 0.4) is 0 Å². The number of nitrogens with zero attached hydrogens (tertiary/aromatic N) is 1. The summed E-state index contributed by atoms with van der Waals surface area (Å²) in [5.74, 6) is 1.67. The van der Waals surface area contributed by atoms with E-state index in [4.69, 9.17) is 13.9 Å². The second kappa shape index (κ2) is 10.5. The number of ether oxygens (including phenoxy) is 2. The molecule has 5 rings (SSSR count). The molecule has 0 aliphatic heterocycles. The van der Waals surface area contributed by atoms with E-state index in [1.54, 1.807) is 26.7 Å². The maximum absolute atomic E-state index is 10.9. The van der Waals surface area contributed by atoms with Gasteiger partial charge < -0.3 is 43.0 Å². The highest BCUT2D eigenvalue weighted by Gasteiger charge is 2.24. The molecule has 3 aromatic carbocycles. The zero-order chi connectivity index (χ0) is 25.6. The predicted molar refractivity (Wildman–Crippen MR) is 143 cm³/mol. The number of pyridine rings is 1. The third kappa shape index (κ3) is 4.55. The Morgan fingerprint density at radius 2 is 1.59 bits per heavy atom. The van der Waals surface area contributed by atoms with E-state index in [0.29, 0.717) is 17.2 Å². The fraction of sp³-hybridized carbons (Fsp3) is 0.194. The number of aryl methyl sites for hydroxylation is 2. The molecule has 0 saturated carbocycles. The van der Waals surface area contributed by atoms with Crippen molar-refractivity contribution >= 4 is 10.8 Å². The van der Waals surface area contributed by atoms with Gasteiger partial charge in [-0.15, -0.1) is 0 Å². The minimum atomic E-state index is 0. The van der Waals surface area contributed by atoms with Gasteiger partial charge in [-0.3, -0.25) is 0 Å². The molecule has 0 atom stereocenters. The standard InChI is InChI=1S/C31H29NO4.HI/c1-18-12-25-15-27(32(4)20(3)29(25)30(33)19(18)2)24-14-26(31(35-6)28(16-24)34-5)22-9-7-8-21(13-22)23-10-11-36-17-23;/h7-17H,1-6H3;1H. The number of benzene rings is 3. The van der Waals surface area contributed by atoms with Crippen LogP contribution in [0, 0.1) is 20.8 Å². The van der Waals surface area contributed by atoms with E-state index in [2.05, 4.69) is 41.0 Å². The van der Waals surface area contributed by atoms with Gasteiger partial charge >= 0.3 is 0 Å². The van der Waals surface area contributed by atoms with E-state index >= 15 is 0 Å². The molecule has 5 aromatic rings. The number of phenols is 1. The molecule has 37 heavy (non-hydrogen) atoms. The quantitative estimate of drug-likeness (QED) is 0.243. The third-order valence-corrected chi connectivity index (χ3v) is 7.17. The monoisotopic (exact) mass is 607 g/mol. The first-order valence-electron chi connectivity index (χ1n) is 11.9. The largest absolute Gasteiger partial charge is 1.00 e. The Hall–Kier alpha value is -3.52. The molecule has 2 heterocycles. The van der Waals surface area contributed by atoms with Crippen molar-refractivity contribution in [3.8, 4) is 50.8 Å². The summed E-state index contributed by atoms with van der Waals surface area (Å²) in [7, 11) is 5.34. The van der Waals surface area contributed by atoms with Gasteiger partial charge in [0.25, 0.3) is 0 Å². The van der Waals surface area contributed by atoms with Crippen LogP contribution in [0.25, 0.3) is 44.3 Å². The van der Waals surface area contributed by atoms with Crippen LogP contribution in [0.5, 0.6) is 17.2 Å². The van der Waals surface area contributed by atoms with E-state index in [-0.39, 0.29) is 24.0 Å². The molecule has 0 amide bonds. The van der Waals surface area contributed by atoms with Gasteiger partial charge in [0, 0.05) is 24.1 Å². The lowest BCUT2D eigenvalue weighted by atomic mass is 9.95. The van der Waals surface area contributed by atoms with E-state index in [9.17, 15) is 5.11 Å². The van der Waals surface area contributed by atoms with Crippen LogP contribution in [0.15, 0.2) is 71.5 Å². The van der Waals surface area contributed by atoms with Crippen LogP contribution >= 0.6 is 0 Å². The highest BCUT2D eigenvalue weighted by molar-refractivity contribution is 5.93. The number of aromatic nitrogens is 1. The van der Waals surface area contributed by atoms with Crippen molar-refractivity contribution in [1.82, 2.24) is 0 Å². The Kier molecular flexibility index (Phi) is 7.50. The lowest BCUT2D eigenvalue weighted by molar-refractivity contribution is -0.665. The number of halogens is 1. The molecule has 6 heteroatoms. The number of hydrogen-bond donors (Lipinski definition) is 1. The summed E-state index contributed by atoms with van der Waals surface area (Å²) in [6, 6.07) is 18.6. The molecule has 0 spiro atoms. The molecule has 0 aliphatic rings. The lowest BCUT2D eigenvalue weighted by Crippen LogP contribution is -3.00. The second-order valence-electron chi connectivity index (χ2n) is 9.16. The molecule has 0 saturated heterocycles. The van der Waals surface area contributed by atoms with Gasteiger partial charge in [0.15, 0.2) is 17.2 Å². The average Bonchev–Trinajstić information content (AvgIpc) is 3.43. The predicted octanol–water partition coefficient (Wildman–Crippen LogP) is 3.91. The first-order valence-corrected chi connectivity index (χ1v) is 11.9. The van der Waals surface area contributed by atoms with Crippen molar-refractivity contribution < 1.29 is 47.5 Å². The average molecular weight is 607 g/mol. The zero-order valence-corrected chi connectivity index (χ0v) is 24.0. The van der Waals surface area contributed by atoms with Crippen LogP contribution in [0.2, 0.25) is 0 Å². The smallest absolute Gasteiger partial charge is 0.213 e. The van der Waals surface area contributed by atoms with Gasteiger partial charge in [-0.05, 0) is 65.8 Å². The fourth-order valence-electron chi connectivity index (χ4n) is 4.91. The molecule has 0 fully saturated rings. The second-order valence-corrected chi connectivity index (χ2v) is 9.16. The molecule has 0 bridgehead atoms. The Morgan fingerprint density at radius 1 is 0.838 bits per heavy atom. The minimum Gasteiger partial charge on any atom is -1.00 e. The molecule has 0 aliphatic carbocycles. The van der Waals surface area contributed by atoms with Gasteiger partial charge in [0.05, 0.1) is 37.7 Å². The first kappa shape index (κ1) is 26.5. The molecule has 0 unspecified atom stereocenters. The van der Waals surface area contributed by atoms with Crippen molar-refractivity contribution in [2.24, 2.45) is 7.05 Å². The maximum atomic E-state index is 10.9. The Balaban J connectivity index is 0.00000320. The van der Waals surface area contributed by atoms with Crippen LogP contribution < -0.4 is 38.0 Å². The summed E-state index contributed by atoms with van der Waals surface area (Å²) in [5.41, 5.74) is 8.96. The number of methoxy groups -OCH3 is 2. The Bertz CT molecular complexity index is 1610. The summed E-state index contributed by atoms with van der Waals surface area (Å²) < 4.78 is 19.0. The summed E-state index contributed by atoms with van der Waals surface area (Å²) in [5, 5.41) is 12.8. The van der Waals surface area contributed by atoms with Crippen LogP contribution in [-0.4, -0.2) is 19.3 Å². The topological polar surface area (TPSA) is 55.7 Å². The van der Waals surface area contributed by atoms with E-state index in [0.717, 1.165) is 61.1 Å². The molecule has 5 nitrogen and oxygen atoms in total. The summed E-state index contributed by atoms with van der Waals surface area (Å²) in [6.45, 7) is 6.02. The Morgan fingerprint density at radius 3 is 2.27 bits per heavy atom. The summed E-state index contributed by atoms with van der Waals surface area (Å²) in [6.07, 6.45) is 3.42. The SMILES string of the molecule is COc1cc(-c2cc3cc(C)c(C)c(O)c3c(C)[n+]2C)cc(-c2cccc(-c3ccoc3)c2)c1OC.[I-]. The number of furan rings is 1. The van der Waals surface area contributed by atoms with Crippen molar-refractivity contribution in [3.05, 3.63) is 83.9 Å². The van der Waals surface area contributed by atoms with Crippen molar-refractivity contribution in [3.63, 3.8) is 0 Å². The van der Waals surface area contributed by atoms with Gasteiger partial charge in [-0.25, -0.2) is 0 Å². The molecule has 0 radical (unpaired) electrons. The van der Waals surface area contributed by atoms with Gasteiger partial charge in [0.2, 0.25) is 5.69 Å². The summed E-state index contributed by atoms with van der Waals surface area (Å²) >= 11 is 0. The molecule has 190 valence electrons. The molecular formula is C31H30INO4. The van der Waals surface area contributed by atoms with Gasteiger partial charge in [0.1, 0.15) is 12.8 Å². The van der Waals surface area contributed by atoms with Gasteiger partial charge in [-0.1, -0.05) is 24.3 Å². The van der Waals surface area contributed by atoms with E-state index in [1.807, 2.05) is 46.0 Å². The number of phenolic OH excluding ortho intramolecular Hbond substituents is 1. The first-order chi connectivity index (χ1) is 17.3. The molecule has 2 aromatic heterocycles. The fourth-order valence-corrected chi connectivity index (χ4v) is 4.91. The van der Waals surface area contributed by atoms with Crippen molar-refractivity contribution in [1.29, 1.82) is 0 Å². The van der Waals surface area contributed by atoms with Crippen LogP contribution in [0.1, 0.15) is 16.8 Å². The number of hydrogen-bond acceptors (Lipinski definition) is 4. The number of aromatic hydroxyl groups is 1. The zero-order valence-electron chi connectivity index (χ0n) is 21.8. The maximum Gasteiger partial charge on any atom is 0.213 e. The van der Waals surface area contributed by atoms with Crippen LogP contribution in [0.4, 0.5) is 0 Å². The Labute approximate surface area is 234 Å². The number of rotatable bonds is 5. The highest BCUT2D eigenvalue weighted by Crippen LogP contribution is 2.43. The van der Waals surface area contributed by atoms with Crippen molar-refractivity contribution in [2.75, 3.05) is 14.2 Å². The normalized spacial score (nSPS) is 10.9. The highest BCUT2D eigenvalue weighted by atomic mass is 127. The van der Waals surface area contributed by atoms with Gasteiger partial charge in [-0.2, -0.15) is 4.57 Å². The summed E-state index contributed by atoms with van der Waals surface area (Å²) in [4.78, 5) is 0. The lowest BCUT2D eigenvalue weighted by Gasteiger charge is -2.16. The molecule has 1 N–H and O–H groups in total. The van der Waals surface area contributed by atoms with E-state index < -0.39 is 0 Å². The van der Waals surface area contributed by atoms with Crippen LogP contribution in [-0.2, 0) is 7.05 Å². The number of fused-ring (bicyclic) bond motifs is 1.